The highest BCUT2D eigenvalue weighted by Gasteiger charge is 2.26. The Morgan fingerprint density at radius 3 is 2.75 bits per heavy atom. The highest BCUT2D eigenvalue weighted by molar-refractivity contribution is 5.29. The van der Waals surface area contributed by atoms with Crippen LogP contribution in [0.5, 0.6) is 0 Å². The van der Waals surface area contributed by atoms with E-state index in [4.69, 9.17) is 0 Å². The Labute approximate surface area is 97.6 Å². The minimum absolute atomic E-state index is 0.481. The molecule has 1 aliphatic rings. The van der Waals surface area contributed by atoms with Gasteiger partial charge in [0.2, 0.25) is 0 Å². The van der Waals surface area contributed by atoms with Crippen LogP contribution in [0.2, 0.25) is 0 Å². The van der Waals surface area contributed by atoms with Gasteiger partial charge in [0.15, 0.2) is 0 Å². The molecule has 1 N–H and O–H groups in total. The van der Waals surface area contributed by atoms with Crippen molar-refractivity contribution in [2.45, 2.75) is 33.4 Å². The van der Waals surface area contributed by atoms with Gasteiger partial charge in [-0.25, -0.2) is 0 Å². The van der Waals surface area contributed by atoms with Crippen molar-refractivity contribution >= 4 is 0 Å². The summed E-state index contributed by atoms with van der Waals surface area (Å²) in [5.74, 6) is 0. The van der Waals surface area contributed by atoms with Gasteiger partial charge in [-0.2, -0.15) is 5.10 Å². The second kappa shape index (κ2) is 4.55. The van der Waals surface area contributed by atoms with Gasteiger partial charge in [-0.3, -0.25) is 9.58 Å². The predicted octanol–water partition coefficient (Wildman–Crippen LogP) is 1.10. The molecule has 1 aliphatic heterocycles. The van der Waals surface area contributed by atoms with Crippen LogP contribution in [0.15, 0.2) is 0 Å². The number of hydrogen-bond acceptors (Lipinski definition) is 3. The van der Waals surface area contributed by atoms with E-state index < -0.39 is 0 Å². The zero-order chi connectivity index (χ0) is 11.7. The van der Waals surface area contributed by atoms with Gasteiger partial charge in [0, 0.05) is 37.4 Å². The monoisotopic (exact) mass is 222 g/mol. The Morgan fingerprint density at radius 1 is 1.44 bits per heavy atom. The van der Waals surface area contributed by atoms with E-state index in [1.54, 1.807) is 0 Å². The van der Waals surface area contributed by atoms with E-state index in [0.29, 0.717) is 6.04 Å². The molecule has 0 radical (unpaired) electrons. The fourth-order valence-electron chi connectivity index (χ4n) is 2.63. The largest absolute Gasteiger partial charge is 0.314 e. The van der Waals surface area contributed by atoms with Crippen molar-refractivity contribution in [3.63, 3.8) is 0 Å². The normalized spacial score (nSPS) is 22.6. The number of nitrogens with one attached hydrogen (secondary N) is 1. The summed E-state index contributed by atoms with van der Waals surface area (Å²) >= 11 is 0. The van der Waals surface area contributed by atoms with Crippen LogP contribution in [0, 0.1) is 13.8 Å². The van der Waals surface area contributed by atoms with E-state index in [1.165, 1.54) is 17.0 Å². The number of nitrogens with zero attached hydrogens (tertiary/aromatic N) is 3. The number of hydrogen-bond donors (Lipinski definition) is 1. The van der Waals surface area contributed by atoms with Crippen LogP contribution in [0.25, 0.3) is 0 Å². The molecule has 4 heteroatoms. The molecule has 0 bridgehead atoms. The van der Waals surface area contributed by atoms with E-state index in [9.17, 15) is 0 Å². The van der Waals surface area contributed by atoms with E-state index in [2.05, 4.69) is 47.8 Å². The lowest BCUT2D eigenvalue weighted by molar-refractivity contribution is 0.201. The molecular formula is C12H22N4. The van der Waals surface area contributed by atoms with Crippen LogP contribution in [0.3, 0.4) is 0 Å². The van der Waals surface area contributed by atoms with Gasteiger partial charge in [-0.1, -0.05) is 0 Å². The van der Waals surface area contributed by atoms with Crippen molar-refractivity contribution in [1.29, 1.82) is 0 Å². The van der Waals surface area contributed by atoms with E-state index >= 15 is 0 Å². The summed E-state index contributed by atoms with van der Waals surface area (Å²) in [5.41, 5.74) is 3.91. The Kier molecular flexibility index (Phi) is 3.30. The van der Waals surface area contributed by atoms with E-state index in [1.807, 2.05) is 0 Å². The maximum atomic E-state index is 4.60. The molecular weight excluding hydrogens is 200 g/mol. The molecule has 2 rings (SSSR count). The van der Waals surface area contributed by atoms with Crippen molar-refractivity contribution < 1.29 is 0 Å². The molecule has 16 heavy (non-hydrogen) atoms. The molecule has 0 saturated carbocycles. The average molecular weight is 222 g/mol. The highest BCUT2D eigenvalue weighted by atomic mass is 15.3. The summed E-state index contributed by atoms with van der Waals surface area (Å²) < 4.78 is 2.10. The minimum atomic E-state index is 0.481. The summed E-state index contributed by atoms with van der Waals surface area (Å²) in [4.78, 5) is 2.42. The molecule has 1 unspecified atom stereocenters. The third-order valence-electron chi connectivity index (χ3n) is 3.58. The Balaban J connectivity index is 2.34. The third kappa shape index (κ3) is 1.87. The van der Waals surface area contributed by atoms with Gasteiger partial charge in [0.1, 0.15) is 0 Å². The molecule has 0 amide bonds. The van der Waals surface area contributed by atoms with Crippen molar-refractivity contribution in [1.82, 2.24) is 20.0 Å². The molecule has 0 aliphatic carbocycles. The second-order valence-corrected chi connectivity index (χ2v) is 4.60. The third-order valence-corrected chi connectivity index (χ3v) is 3.58. The molecule has 1 fully saturated rings. The van der Waals surface area contributed by atoms with E-state index in [-0.39, 0.29) is 0 Å². The molecule has 1 saturated heterocycles. The summed E-state index contributed by atoms with van der Waals surface area (Å²) in [6, 6.07) is 0.481. The number of rotatable bonds is 2. The molecule has 90 valence electrons. The van der Waals surface area contributed by atoms with E-state index in [0.717, 1.165) is 26.2 Å². The summed E-state index contributed by atoms with van der Waals surface area (Å²) in [6.45, 7) is 10.6. The predicted molar refractivity (Wildman–Crippen MR) is 65.6 cm³/mol. The molecule has 1 aromatic rings. The van der Waals surface area contributed by atoms with Crippen LogP contribution >= 0.6 is 0 Å². The van der Waals surface area contributed by atoms with Gasteiger partial charge in [0.25, 0.3) is 0 Å². The lowest BCUT2D eigenvalue weighted by Gasteiger charge is -2.33. The van der Waals surface area contributed by atoms with Gasteiger partial charge < -0.3 is 5.32 Å². The molecule has 4 nitrogen and oxygen atoms in total. The average Bonchev–Trinajstić information content (AvgIpc) is 2.55. The van der Waals surface area contributed by atoms with Crippen LogP contribution < -0.4 is 5.32 Å². The lowest BCUT2D eigenvalue weighted by atomic mass is 10.0. The molecule has 0 aromatic carbocycles. The minimum Gasteiger partial charge on any atom is -0.314 e. The molecule has 0 spiro atoms. The number of piperazine rings is 1. The Bertz CT molecular complexity index is 369. The van der Waals surface area contributed by atoms with Crippen molar-refractivity contribution in [2.24, 2.45) is 0 Å². The van der Waals surface area contributed by atoms with Gasteiger partial charge >= 0.3 is 0 Å². The Morgan fingerprint density at radius 2 is 2.19 bits per heavy atom. The first kappa shape index (κ1) is 11.6. The Hall–Kier alpha value is -0.870. The highest BCUT2D eigenvalue weighted by Crippen LogP contribution is 2.26. The van der Waals surface area contributed by atoms with Crippen molar-refractivity contribution in [3.05, 3.63) is 17.0 Å². The maximum absolute atomic E-state index is 4.60. The fraction of sp³-hybridized carbons (Fsp3) is 0.750. The first-order chi connectivity index (χ1) is 7.65. The zero-order valence-corrected chi connectivity index (χ0v) is 10.7. The lowest BCUT2D eigenvalue weighted by Crippen LogP contribution is -2.44. The van der Waals surface area contributed by atoms with Crippen molar-refractivity contribution in [2.75, 3.05) is 26.7 Å². The maximum Gasteiger partial charge on any atom is 0.0644 e. The molecule has 1 atom stereocenters. The first-order valence-electron chi connectivity index (χ1n) is 6.10. The summed E-state index contributed by atoms with van der Waals surface area (Å²) in [7, 11) is 2.20. The zero-order valence-electron chi connectivity index (χ0n) is 10.7. The molecule has 1 aromatic heterocycles. The summed E-state index contributed by atoms with van der Waals surface area (Å²) in [5, 5.41) is 8.07. The smallest absolute Gasteiger partial charge is 0.0644 e. The summed E-state index contributed by atoms with van der Waals surface area (Å²) in [6.07, 6.45) is 0. The van der Waals surface area contributed by atoms with Crippen LogP contribution in [0.4, 0.5) is 0 Å². The van der Waals surface area contributed by atoms with Crippen LogP contribution in [-0.4, -0.2) is 41.4 Å². The topological polar surface area (TPSA) is 33.1 Å². The molecule has 2 heterocycles. The number of aromatic nitrogens is 2. The van der Waals surface area contributed by atoms with Crippen LogP contribution in [-0.2, 0) is 6.54 Å². The quantitative estimate of drug-likeness (QED) is 0.813. The van der Waals surface area contributed by atoms with Gasteiger partial charge in [-0.05, 0) is 27.8 Å². The SMILES string of the molecule is CCn1nc(C)c(C2CNCCN2C)c1C. The van der Waals surface area contributed by atoms with Crippen molar-refractivity contribution in [3.8, 4) is 0 Å². The van der Waals surface area contributed by atoms with Gasteiger partial charge in [-0.15, -0.1) is 0 Å². The second-order valence-electron chi connectivity index (χ2n) is 4.60. The van der Waals surface area contributed by atoms with Crippen LogP contribution in [0.1, 0.15) is 29.9 Å². The number of aryl methyl sites for hydroxylation is 2. The number of likely N-dealkylation sites (N-methyl/N-ethyl adjacent to an activating group) is 1. The van der Waals surface area contributed by atoms with Gasteiger partial charge in [0.05, 0.1) is 11.7 Å². The fourth-order valence-corrected chi connectivity index (χ4v) is 2.63. The first-order valence-corrected chi connectivity index (χ1v) is 6.10. The standard InChI is InChI=1S/C12H22N4/c1-5-16-10(3)12(9(2)14-16)11-8-13-6-7-15(11)4/h11,13H,5-8H2,1-4H3.